The van der Waals surface area contributed by atoms with E-state index in [1.165, 1.54) is 11.3 Å². The van der Waals surface area contributed by atoms with Gasteiger partial charge in [0.1, 0.15) is 0 Å². The highest BCUT2D eigenvalue weighted by Gasteiger charge is 2.19. The molecule has 0 radical (unpaired) electrons. The highest BCUT2D eigenvalue weighted by Crippen LogP contribution is 2.15. The maximum Gasteiger partial charge on any atom is 0.307 e. The van der Waals surface area contributed by atoms with Crippen LogP contribution in [0.4, 0.5) is 0 Å². The fourth-order valence-corrected chi connectivity index (χ4v) is 2.63. The fraction of sp³-hybridized carbons (Fsp3) is 0.750. The third-order valence-electron chi connectivity index (χ3n) is 3.76. The summed E-state index contributed by atoms with van der Waals surface area (Å²) in [6, 6.07) is 0. The van der Waals surface area contributed by atoms with E-state index in [1.54, 1.807) is 0 Å². The molecule has 5 nitrogen and oxygen atoms in total. The molecule has 21 heavy (non-hydrogen) atoms. The van der Waals surface area contributed by atoms with Crippen LogP contribution in [0.1, 0.15) is 50.6 Å². The van der Waals surface area contributed by atoms with Gasteiger partial charge in [0, 0.05) is 30.9 Å². The predicted octanol–water partition coefficient (Wildman–Crippen LogP) is 2.75. The van der Waals surface area contributed by atoms with Crippen LogP contribution in [0.3, 0.4) is 0 Å². The van der Waals surface area contributed by atoms with Crippen LogP contribution in [-0.2, 0) is 17.9 Å². The molecule has 0 aliphatic carbocycles. The molecule has 120 valence electrons. The minimum Gasteiger partial charge on any atom is -0.481 e. The van der Waals surface area contributed by atoms with E-state index in [4.69, 9.17) is 0 Å². The first-order chi connectivity index (χ1) is 9.86. The minimum atomic E-state index is -0.716. The molecule has 1 atom stereocenters. The van der Waals surface area contributed by atoms with Crippen molar-refractivity contribution >= 4 is 5.97 Å². The summed E-state index contributed by atoms with van der Waals surface area (Å²) in [4.78, 5) is 11.2. The van der Waals surface area contributed by atoms with Crippen molar-refractivity contribution in [3.8, 4) is 0 Å². The molecule has 0 saturated heterocycles. The van der Waals surface area contributed by atoms with Crippen molar-refractivity contribution in [2.75, 3.05) is 6.54 Å². The van der Waals surface area contributed by atoms with Crippen molar-refractivity contribution in [1.82, 2.24) is 15.1 Å². The largest absolute Gasteiger partial charge is 0.481 e. The van der Waals surface area contributed by atoms with Crippen LogP contribution in [0, 0.1) is 25.7 Å². The predicted molar refractivity (Wildman–Crippen MR) is 84.3 cm³/mol. The van der Waals surface area contributed by atoms with E-state index in [2.05, 4.69) is 38.1 Å². The van der Waals surface area contributed by atoms with E-state index in [9.17, 15) is 9.90 Å². The van der Waals surface area contributed by atoms with Gasteiger partial charge < -0.3 is 10.4 Å². The number of carboxylic acid groups (broad SMARTS) is 1. The van der Waals surface area contributed by atoms with Gasteiger partial charge in [-0.1, -0.05) is 20.8 Å². The second-order valence-electron chi connectivity index (χ2n) is 6.17. The van der Waals surface area contributed by atoms with Gasteiger partial charge >= 0.3 is 5.97 Å². The van der Waals surface area contributed by atoms with Crippen LogP contribution in [-0.4, -0.2) is 27.4 Å². The van der Waals surface area contributed by atoms with Crippen LogP contribution >= 0.6 is 0 Å². The number of rotatable bonds is 9. The van der Waals surface area contributed by atoms with Crippen molar-refractivity contribution in [3.05, 3.63) is 17.0 Å². The van der Waals surface area contributed by atoms with Crippen LogP contribution < -0.4 is 5.32 Å². The van der Waals surface area contributed by atoms with Crippen molar-refractivity contribution < 1.29 is 9.90 Å². The van der Waals surface area contributed by atoms with Gasteiger partial charge in [-0.3, -0.25) is 9.48 Å². The number of hydrogen-bond donors (Lipinski definition) is 2. The number of carboxylic acids is 1. The smallest absolute Gasteiger partial charge is 0.307 e. The summed E-state index contributed by atoms with van der Waals surface area (Å²) >= 11 is 0. The summed E-state index contributed by atoms with van der Waals surface area (Å²) in [6.45, 7) is 12.5. The molecule has 0 saturated carbocycles. The van der Waals surface area contributed by atoms with E-state index in [0.29, 0.717) is 25.4 Å². The molecule has 2 N–H and O–H groups in total. The van der Waals surface area contributed by atoms with Crippen molar-refractivity contribution in [2.45, 2.75) is 60.5 Å². The van der Waals surface area contributed by atoms with Crippen LogP contribution in [0.2, 0.25) is 0 Å². The van der Waals surface area contributed by atoms with Gasteiger partial charge in [-0.25, -0.2) is 0 Å². The third kappa shape index (κ3) is 5.16. The molecule has 1 aromatic rings. The standard InChI is InChI=1S/C16H29N3O2/c1-6-7-19-13(5)15(12(4)18-19)10-17-9-14(16(20)21)8-11(2)3/h11,14,17H,6-10H2,1-5H3,(H,20,21). The second kappa shape index (κ2) is 8.17. The number of aryl methyl sites for hydroxylation is 2. The molecule has 0 amide bonds. The average molecular weight is 295 g/mol. The van der Waals surface area contributed by atoms with Gasteiger partial charge in [-0.2, -0.15) is 5.10 Å². The second-order valence-corrected chi connectivity index (χ2v) is 6.17. The molecule has 1 rings (SSSR count). The first kappa shape index (κ1) is 17.7. The quantitative estimate of drug-likeness (QED) is 0.735. The van der Waals surface area contributed by atoms with E-state index in [-0.39, 0.29) is 5.92 Å². The lowest BCUT2D eigenvalue weighted by molar-refractivity contribution is -0.142. The molecule has 0 spiro atoms. The number of carbonyl (C=O) groups is 1. The zero-order chi connectivity index (χ0) is 16.0. The molecule has 0 aliphatic heterocycles. The molecule has 1 aromatic heterocycles. The zero-order valence-corrected chi connectivity index (χ0v) is 13.9. The Morgan fingerprint density at radius 1 is 1.38 bits per heavy atom. The van der Waals surface area contributed by atoms with Gasteiger partial charge in [0.15, 0.2) is 0 Å². The zero-order valence-electron chi connectivity index (χ0n) is 13.9. The van der Waals surface area contributed by atoms with Gasteiger partial charge in [0.2, 0.25) is 0 Å². The molecular formula is C16H29N3O2. The van der Waals surface area contributed by atoms with E-state index in [0.717, 1.165) is 18.7 Å². The molecule has 5 heteroatoms. The highest BCUT2D eigenvalue weighted by molar-refractivity contribution is 5.70. The Kier molecular flexibility index (Phi) is 6.89. The van der Waals surface area contributed by atoms with Crippen LogP contribution in [0.25, 0.3) is 0 Å². The minimum absolute atomic E-state index is 0.323. The van der Waals surface area contributed by atoms with E-state index >= 15 is 0 Å². The Bertz CT molecular complexity index is 466. The summed E-state index contributed by atoms with van der Waals surface area (Å²) in [7, 11) is 0. The molecular weight excluding hydrogens is 266 g/mol. The van der Waals surface area contributed by atoms with Gasteiger partial charge in [0.05, 0.1) is 11.6 Å². The highest BCUT2D eigenvalue weighted by atomic mass is 16.4. The summed E-state index contributed by atoms with van der Waals surface area (Å²) in [5.74, 6) is -0.647. The Labute approximate surface area is 127 Å². The van der Waals surface area contributed by atoms with Crippen molar-refractivity contribution in [2.24, 2.45) is 11.8 Å². The third-order valence-corrected chi connectivity index (χ3v) is 3.76. The van der Waals surface area contributed by atoms with Gasteiger partial charge in [-0.15, -0.1) is 0 Å². The number of hydrogen-bond acceptors (Lipinski definition) is 3. The molecule has 1 heterocycles. The Hall–Kier alpha value is -1.36. The first-order valence-electron chi connectivity index (χ1n) is 7.83. The monoisotopic (exact) mass is 295 g/mol. The number of nitrogens with zero attached hydrogens (tertiary/aromatic N) is 2. The summed E-state index contributed by atoms with van der Waals surface area (Å²) in [5, 5.41) is 17.1. The molecule has 0 aromatic carbocycles. The first-order valence-corrected chi connectivity index (χ1v) is 7.83. The average Bonchev–Trinajstić information content (AvgIpc) is 2.64. The van der Waals surface area contributed by atoms with E-state index < -0.39 is 5.97 Å². The lowest BCUT2D eigenvalue weighted by Crippen LogP contribution is -2.29. The summed E-state index contributed by atoms with van der Waals surface area (Å²) < 4.78 is 2.04. The molecule has 0 fully saturated rings. The lowest BCUT2D eigenvalue weighted by atomic mass is 9.97. The topological polar surface area (TPSA) is 67.2 Å². The fourth-order valence-electron chi connectivity index (χ4n) is 2.63. The maximum atomic E-state index is 11.2. The summed E-state index contributed by atoms with van der Waals surface area (Å²) in [5.41, 5.74) is 3.40. The molecule has 0 aliphatic rings. The Morgan fingerprint density at radius 3 is 2.57 bits per heavy atom. The normalized spacial score (nSPS) is 12.9. The summed E-state index contributed by atoms with van der Waals surface area (Å²) in [6.07, 6.45) is 1.76. The van der Waals surface area contributed by atoms with Crippen LogP contribution in [0.15, 0.2) is 0 Å². The Balaban J connectivity index is 2.60. The number of aliphatic carboxylic acids is 1. The van der Waals surface area contributed by atoms with Gasteiger partial charge in [-0.05, 0) is 32.6 Å². The van der Waals surface area contributed by atoms with Crippen LogP contribution in [0.5, 0.6) is 0 Å². The molecule has 0 bridgehead atoms. The molecule has 1 unspecified atom stereocenters. The lowest BCUT2D eigenvalue weighted by Gasteiger charge is -2.15. The van der Waals surface area contributed by atoms with Crippen molar-refractivity contribution in [1.29, 1.82) is 0 Å². The van der Waals surface area contributed by atoms with Crippen molar-refractivity contribution in [3.63, 3.8) is 0 Å². The number of aromatic nitrogens is 2. The van der Waals surface area contributed by atoms with E-state index in [1.807, 2.05) is 11.6 Å². The van der Waals surface area contributed by atoms with Gasteiger partial charge in [0.25, 0.3) is 0 Å². The maximum absolute atomic E-state index is 11.2. The number of nitrogens with one attached hydrogen (secondary N) is 1. The SMILES string of the molecule is CCCn1nc(C)c(CNCC(CC(C)C)C(=O)O)c1C. The Morgan fingerprint density at radius 2 is 2.05 bits per heavy atom.